The number of carbonyl (C=O) groups excluding carboxylic acids is 3. The van der Waals surface area contributed by atoms with Crippen LogP contribution in [0.1, 0.15) is 40.7 Å². The molecule has 0 bridgehead atoms. The topological polar surface area (TPSA) is 92.5 Å². The number of hydrogen-bond acceptors (Lipinski definition) is 3. The summed E-state index contributed by atoms with van der Waals surface area (Å²) in [6, 6.07) is 11.5. The van der Waals surface area contributed by atoms with E-state index in [0.29, 0.717) is 42.7 Å². The van der Waals surface area contributed by atoms with Gasteiger partial charge in [-0.3, -0.25) is 14.4 Å². The van der Waals surface area contributed by atoms with Gasteiger partial charge in [0.1, 0.15) is 5.82 Å². The van der Waals surface area contributed by atoms with E-state index in [1.807, 2.05) is 6.92 Å². The van der Waals surface area contributed by atoms with Gasteiger partial charge in [-0.1, -0.05) is 24.3 Å². The second kappa shape index (κ2) is 9.52. The van der Waals surface area contributed by atoms with Gasteiger partial charge in [-0.15, -0.1) is 0 Å². The summed E-state index contributed by atoms with van der Waals surface area (Å²) < 4.78 is 13.7. The van der Waals surface area contributed by atoms with Gasteiger partial charge in [-0.25, -0.2) is 4.39 Å². The minimum Gasteiger partial charge on any atom is -0.369 e. The van der Waals surface area contributed by atoms with E-state index in [2.05, 4.69) is 5.32 Å². The molecule has 1 unspecified atom stereocenters. The second-order valence-corrected chi connectivity index (χ2v) is 7.66. The third-order valence-electron chi connectivity index (χ3n) is 5.45. The Bertz CT molecular complexity index is 960. The Hall–Kier alpha value is -3.22. The number of piperidine rings is 1. The van der Waals surface area contributed by atoms with Crippen molar-refractivity contribution >= 4 is 23.4 Å². The molecule has 30 heavy (non-hydrogen) atoms. The molecule has 158 valence electrons. The van der Waals surface area contributed by atoms with Crippen LogP contribution in [0, 0.1) is 18.7 Å². The second-order valence-electron chi connectivity index (χ2n) is 7.66. The average Bonchev–Trinajstić information content (AvgIpc) is 2.74. The zero-order valence-corrected chi connectivity index (χ0v) is 17.0. The third-order valence-corrected chi connectivity index (χ3v) is 5.45. The molecule has 0 spiro atoms. The fraction of sp³-hybridized carbons (Fsp3) is 0.348. The summed E-state index contributed by atoms with van der Waals surface area (Å²) in [6.07, 6.45) is 1.84. The van der Waals surface area contributed by atoms with Crippen LogP contribution in [0.5, 0.6) is 0 Å². The van der Waals surface area contributed by atoms with Crippen LogP contribution in [0.25, 0.3) is 0 Å². The molecule has 1 heterocycles. The number of amides is 3. The van der Waals surface area contributed by atoms with Crippen molar-refractivity contribution in [1.29, 1.82) is 0 Å². The number of nitrogens with one attached hydrogen (secondary N) is 1. The van der Waals surface area contributed by atoms with E-state index in [9.17, 15) is 18.8 Å². The lowest BCUT2D eigenvalue weighted by molar-refractivity contribution is -0.123. The molecular formula is C23H26FN3O3. The molecule has 0 saturated carbocycles. The molecule has 1 saturated heterocycles. The quantitative estimate of drug-likeness (QED) is 0.765. The number of carbonyl (C=O) groups is 3. The number of nitrogens with two attached hydrogens (primary N) is 1. The van der Waals surface area contributed by atoms with Gasteiger partial charge in [0.25, 0.3) is 5.91 Å². The van der Waals surface area contributed by atoms with Gasteiger partial charge in [0, 0.05) is 30.8 Å². The highest BCUT2D eigenvalue weighted by Gasteiger charge is 2.27. The smallest absolute Gasteiger partial charge is 0.253 e. The molecule has 1 aliphatic rings. The van der Waals surface area contributed by atoms with Crippen LogP contribution < -0.4 is 11.1 Å². The van der Waals surface area contributed by atoms with E-state index in [0.717, 1.165) is 12.0 Å². The van der Waals surface area contributed by atoms with Gasteiger partial charge in [0.15, 0.2) is 0 Å². The molecule has 3 amide bonds. The normalized spacial score (nSPS) is 16.2. The molecule has 2 aromatic rings. The van der Waals surface area contributed by atoms with Crippen molar-refractivity contribution in [3.8, 4) is 0 Å². The first-order valence-electron chi connectivity index (χ1n) is 10.1. The van der Waals surface area contributed by atoms with Crippen molar-refractivity contribution in [1.82, 2.24) is 4.90 Å². The average molecular weight is 411 g/mol. The number of hydrogen-bond donors (Lipinski definition) is 2. The van der Waals surface area contributed by atoms with E-state index in [-0.39, 0.29) is 35.9 Å². The lowest BCUT2D eigenvalue weighted by Gasteiger charge is -2.31. The first-order chi connectivity index (χ1) is 14.3. The number of aryl methyl sites for hydroxylation is 2. The van der Waals surface area contributed by atoms with Gasteiger partial charge in [0.2, 0.25) is 11.8 Å². The maximum Gasteiger partial charge on any atom is 0.253 e. The number of rotatable bonds is 6. The molecule has 0 aromatic heterocycles. The molecule has 1 fully saturated rings. The SMILES string of the molecule is Cc1ccc(C(=O)N2CCCC(C(N)=O)C2)cc1NC(=O)CCc1ccccc1F. The Morgan fingerprint density at radius 2 is 1.97 bits per heavy atom. The Balaban J connectivity index is 1.66. The van der Waals surface area contributed by atoms with Crippen molar-refractivity contribution in [2.45, 2.75) is 32.6 Å². The molecule has 3 N–H and O–H groups in total. The summed E-state index contributed by atoms with van der Waals surface area (Å²) >= 11 is 0. The highest BCUT2D eigenvalue weighted by atomic mass is 19.1. The van der Waals surface area contributed by atoms with Crippen LogP contribution in [0.15, 0.2) is 42.5 Å². The Labute approximate surface area is 175 Å². The molecule has 3 rings (SSSR count). The molecule has 1 aliphatic heterocycles. The lowest BCUT2D eigenvalue weighted by Crippen LogP contribution is -2.44. The largest absolute Gasteiger partial charge is 0.369 e. The van der Waals surface area contributed by atoms with Crippen LogP contribution in [0.4, 0.5) is 10.1 Å². The van der Waals surface area contributed by atoms with Crippen molar-refractivity contribution in [3.63, 3.8) is 0 Å². The molecule has 0 aliphatic carbocycles. The minimum absolute atomic E-state index is 0.130. The summed E-state index contributed by atoms with van der Waals surface area (Å²) in [5, 5.41) is 2.82. The van der Waals surface area contributed by atoms with E-state index >= 15 is 0 Å². The number of primary amides is 1. The summed E-state index contributed by atoms with van der Waals surface area (Å²) in [4.78, 5) is 38.4. The molecule has 0 radical (unpaired) electrons. The molecule has 7 heteroatoms. The summed E-state index contributed by atoms with van der Waals surface area (Å²) in [6.45, 7) is 2.72. The van der Waals surface area contributed by atoms with Crippen LogP contribution in [0.3, 0.4) is 0 Å². The van der Waals surface area contributed by atoms with Crippen LogP contribution in [0.2, 0.25) is 0 Å². The molecule has 6 nitrogen and oxygen atoms in total. The number of nitrogens with zero attached hydrogens (tertiary/aromatic N) is 1. The van der Waals surface area contributed by atoms with Crippen LogP contribution in [-0.4, -0.2) is 35.7 Å². The maximum atomic E-state index is 13.7. The van der Waals surface area contributed by atoms with Gasteiger partial charge in [-0.05, 0) is 55.5 Å². The standard InChI is InChI=1S/C23H26FN3O3/c1-15-8-9-17(23(30)27-12-4-6-18(14-27)22(25)29)13-20(15)26-21(28)11-10-16-5-2-3-7-19(16)24/h2-3,5,7-9,13,18H,4,6,10-12,14H2,1H3,(H2,25,29)(H,26,28). The number of anilines is 1. The number of likely N-dealkylation sites (tertiary alicyclic amines) is 1. The van der Waals surface area contributed by atoms with Crippen LogP contribution >= 0.6 is 0 Å². The highest BCUT2D eigenvalue weighted by Crippen LogP contribution is 2.22. The van der Waals surface area contributed by atoms with E-state index in [1.54, 1.807) is 41.3 Å². The zero-order valence-electron chi connectivity index (χ0n) is 17.0. The van der Waals surface area contributed by atoms with E-state index in [4.69, 9.17) is 5.73 Å². The predicted octanol–water partition coefficient (Wildman–Crippen LogP) is 3.04. The first-order valence-corrected chi connectivity index (χ1v) is 10.1. The minimum atomic E-state index is -0.390. The summed E-state index contributed by atoms with van der Waals surface area (Å²) in [7, 11) is 0. The van der Waals surface area contributed by atoms with E-state index in [1.165, 1.54) is 6.07 Å². The Morgan fingerprint density at radius 3 is 2.70 bits per heavy atom. The van der Waals surface area contributed by atoms with E-state index < -0.39 is 0 Å². The third kappa shape index (κ3) is 5.23. The number of benzene rings is 2. The highest BCUT2D eigenvalue weighted by molar-refractivity contribution is 5.98. The fourth-order valence-electron chi connectivity index (χ4n) is 3.63. The molecule has 2 aromatic carbocycles. The first kappa shape index (κ1) is 21.5. The Kier molecular flexibility index (Phi) is 6.82. The fourth-order valence-corrected chi connectivity index (χ4v) is 3.63. The predicted molar refractivity (Wildman–Crippen MR) is 112 cm³/mol. The van der Waals surface area contributed by atoms with Crippen molar-refractivity contribution < 1.29 is 18.8 Å². The van der Waals surface area contributed by atoms with Gasteiger partial charge < -0.3 is 16.0 Å². The summed E-state index contributed by atoms with van der Waals surface area (Å²) in [5.41, 5.74) is 7.69. The van der Waals surface area contributed by atoms with Crippen LogP contribution in [-0.2, 0) is 16.0 Å². The molecular weight excluding hydrogens is 385 g/mol. The lowest BCUT2D eigenvalue weighted by atomic mass is 9.96. The molecule has 1 atom stereocenters. The van der Waals surface area contributed by atoms with Gasteiger partial charge >= 0.3 is 0 Å². The van der Waals surface area contributed by atoms with Crippen molar-refractivity contribution in [3.05, 3.63) is 65.0 Å². The maximum absolute atomic E-state index is 13.7. The summed E-state index contributed by atoms with van der Waals surface area (Å²) in [5.74, 6) is -1.49. The zero-order chi connectivity index (χ0) is 21.7. The van der Waals surface area contributed by atoms with Crippen molar-refractivity contribution in [2.24, 2.45) is 11.7 Å². The van der Waals surface area contributed by atoms with Gasteiger partial charge in [-0.2, -0.15) is 0 Å². The Morgan fingerprint density at radius 1 is 1.20 bits per heavy atom. The van der Waals surface area contributed by atoms with Crippen molar-refractivity contribution in [2.75, 3.05) is 18.4 Å². The monoisotopic (exact) mass is 411 g/mol. The van der Waals surface area contributed by atoms with Gasteiger partial charge in [0.05, 0.1) is 5.92 Å². The number of halogens is 1.